The van der Waals surface area contributed by atoms with Crippen LogP contribution in [0.1, 0.15) is 18.1 Å². The van der Waals surface area contributed by atoms with Crippen LogP contribution in [-0.2, 0) is 22.3 Å². The van der Waals surface area contributed by atoms with E-state index in [4.69, 9.17) is 5.11 Å². The minimum Gasteiger partial charge on any atom is -0.394 e. The van der Waals surface area contributed by atoms with E-state index in [9.17, 15) is 9.00 Å². The van der Waals surface area contributed by atoms with Gasteiger partial charge >= 0.3 is 6.03 Å². The maximum atomic E-state index is 12.3. The van der Waals surface area contributed by atoms with Crippen LogP contribution in [0.5, 0.6) is 0 Å². The first-order valence-corrected chi connectivity index (χ1v) is 9.22. The van der Waals surface area contributed by atoms with Crippen molar-refractivity contribution in [3.8, 4) is 0 Å². The third kappa shape index (κ3) is 6.14. The van der Waals surface area contributed by atoms with Crippen LogP contribution in [0.4, 0.5) is 10.5 Å². The monoisotopic (exact) mass is 346 g/mol. The van der Waals surface area contributed by atoms with Crippen LogP contribution in [0, 0.1) is 0 Å². The van der Waals surface area contributed by atoms with E-state index in [1.807, 2.05) is 48.5 Å². The Kier molecular flexibility index (Phi) is 6.96. The maximum absolute atomic E-state index is 12.3. The Hall–Kier alpha value is -2.18. The van der Waals surface area contributed by atoms with Gasteiger partial charge in [-0.3, -0.25) is 4.21 Å². The van der Waals surface area contributed by atoms with Gasteiger partial charge < -0.3 is 15.7 Å². The highest BCUT2D eigenvalue weighted by atomic mass is 32.2. The van der Waals surface area contributed by atoms with E-state index in [1.54, 1.807) is 13.0 Å². The average Bonchev–Trinajstić information content (AvgIpc) is 2.55. The zero-order chi connectivity index (χ0) is 17.4. The number of anilines is 1. The quantitative estimate of drug-likeness (QED) is 0.721. The number of hydrogen-bond acceptors (Lipinski definition) is 3. The molecule has 0 aromatic heterocycles. The number of aliphatic hydroxyl groups excluding tert-OH is 1. The van der Waals surface area contributed by atoms with Gasteiger partial charge in [-0.15, -0.1) is 0 Å². The lowest BCUT2D eigenvalue weighted by Gasteiger charge is -2.12. The molecule has 2 aromatic rings. The number of carbonyl (C=O) groups excluding carboxylic acids is 1. The molecule has 5 nitrogen and oxygen atoms in total. The molecular formula is C18H22N2O3S. The molecule has 0 saturated heterocycles. The number of amides is 2. The van der Waals surface area contributed by atoms with E-state index < -0.39 is 10.8 Å². The van der Waals surface area contributed by atoms with E-state index in [2.05, 4.69) is 10.6 Å². The number of urea groups is 1. The Bertz CT molecular complexity index is 692. The predicted octanol–water partition coefficient (Wildman–Crippen LogP) is 2.64. The van der Waals surface area contributed by atoms with Crippen molar-refractivity contribution in [1.82, 2.24) is 5.32 Å². The molecule has 2 amide bonds. The highest BCUT2D eigenvalue weighted by Gasteiger charge is 2.08. The van der Waals surface area contributed by atoms with Crippen molar-refractivity contribution < 1.29 is 14.1 Å². The number of benzene rings is 2. The van der Waals surface area contributed by atoms with Gasteiger partial charge in [0.2, 0.25) is 0 Å². The molecule has 0 fully saturated rings. The van der Waals surface area contributed by atoms with Crippen molar-refractivity contribution in [1.29, 1.82) is 0 Å². The van der Waals surface area contributed by atoms with Gasteiger partial charge in [-0.05, 0) is 30.2 Å². The summed E-state index contributed by atoms with van der Waals surface area (Å²) in [5, 5.41) is 14.3. The van der Waals surface area contributed by atoms with Crippen LogP contribution < -0.4 is 10.6 Å². The zero-order valence-corrected chi connectivity index (χ0v) is 14.4. The molecule has 2 aromatic carbocycles. The third-order valence-corrected chi connectivity index (χ3v) is 4.64. The SMILES string of the molecule is CC(CO)NC(=O)Nc1cccc(CS(=O)Cc2ccccc2)c1. The minimum atomic E-state index is -1.01. The fraction of sp³-hybridized carbons (Fsp3) is 0.278. The highest BCUT2D eigenvalue weighted by Crippen LogP contribution is 2.14. The summed E-state index contributed by atoms with van der Waals surface area (Å²) in [5.74, 6) is 0.937. The van der Waals surface area contributed by atoms with E-state index in [0.29, 0.717) is 17.2 Å². The van der Waals surface area contributed by atoms with Gasteiger partial charge in [0.15, 0.2) is 0 Å². The molecule has 0 spiro atoms. The van der Waals surface area contributed by atoms with Gasteiger partial charge in [0, 0.05) is 28.0 Å². The second kappa shape index (κ2) is 9.20. The second-order valence-electron chi connectivity index (χ2n) is 5.60. The van der Waals surface area contributed by atoms with Gasteiger partial charge in [0.25, 0.3) is 0 Å². The van der Waals surface area contributed by atoms with Gasteiger partial charge in [-0.2, -0.15) is 0 Å². The topological polar surface area (TPSA) is 78.4 Å². The summed E-state index contributed by atoms with van der Waals surface area (Å²) >= 11 is 0. The Morgan fingerprint density at radius 1 is 1.08 bits per heavy atom. The van der Waals surface area contributed by atoms with Crippen LogP contribution in [0.3, 0.4) is 0 Å². The maximum Gasteiger partial charge on any atom is 0.319 e. The van der Waals surface area contributed by atoms with E-state index in [1.165, 1.54) is 0 Å². The van der Waals surface area contributed by atoms with Crippen LogP contribution >= 0.6 is 0 Å². The molecule has 0 heterocycles. The Morgan fingerprint density at radius 3 is 2.46 bits per heavy atom. The van der Waals surface area contributed by atoms with Crippen LogP contribution in [0.25, 0.3) is 0 Å². The number of aliphatic hydroxyl groups is 1. The van der Waals surface area contributed by atoms with Crippen LogP contribution in [-0.4, -0.2) is 28.0 Å². The largest absolute Gasteiger partial charge is 0.394 e. The molecule has 2 unspecified atom stereocenters. The number of rotatable bonds is 7. The molecule has 0 radical (unpaired) electrons. The molecule has 0 aliphatic heterocycles. The van der Waals surface area contributed by atoms with Gasteiger partial charge in [-0.25, -0.2) is 4.79 Å². The molecule has 6 heteroatoms. The second-order valence-corrected chi connectivity index (χ2v) is 7.05. The van der Waals surface area contributed by atoms with Crippen molar-refractivity contribution in [2.75, 3.05) is 11.9 Å². The summed E-state index contributed by atoms with van der Waals surface area (Å²) in [6.45, 7) is 1.59. The Labute approximate surface area is 144 Å². The molecule has 24 heavy (non-hydrogen) atoms. The average molecular weight is 346 g/mol. The van der Waals surface area contributed by atoms with Crippen LogP contribution in [0.15, 0.2) is 54.6 Å². The molecular weight excluding hydrogens is 324 g/mol. The zero-order valence-electron chi connectivity index (χ0n) is 13.6. The van der Waals surface area contributed by atoms with Crippen LogP contribution in [0.2, 0.25) is 0 Å². The Balaban J connectivity index is 1.92. The summed E-state index contributed by atoms with van der Waals surface area (Å²) < 4.78 is 12.3. The fourth-order valence-corrected chi connectivity index (χ4v) is 3.39. The normalized spacial score (nSPS) is 13.1. The molecule has 3 N–H and O–H groups in total. The highest BCUT2D eigenvalue weighted by molar-refractivity contribution is 7.83. The first-order valence-electron chi connectivity index (χ1n) is 7.73. The third-order valence-electron chi connectivity index (χ3n) is 3.33. The van der Waals surface area contributed by atoms with Gasteiger partial charge in [0.05, 0.1) is 12.6 Å². The summed E-state index contributed by atoms with van der Waals surface area (Å²) in [7, 11) is -1.01. The summed E-state index contributed by atoms with van der Waals surface area (Å²) in [6.07, 6.45) is 0. The molecule has 0 saturated carbocycles. The molecule has 128 valence electrons. The standard InChI is InChI=1S/C18H22N2O3S/c1-14(11-21)19-18(22)20-17-9-5-8-16(10-17)13-24(23)12-15-6-3-2-4-7-15/h2-10,14,21H,11-13H2,1H3,(H2,19,20,22). The Morgan fingerprint density at radius 2 is 1.75 bits per heavy atom. The summed E-state index contributed by atoms with van der Waals surface area (Å²) in [5.41, 5.74) is 2.58. The van der Waals surface area contributed by atoms with Crippen molar-refractivity contribution in [2.24, 2.45) is 0 Å². The number of carbonyl (C=O) groups is 1. The first kappa shape index (κ1) is 18.2. The van der Waals surface area contributed by atoms with Gasteiger partial charge in [0.1, 0.15) is 0 Å². The lowest BCUT2D eigenvalue weighted by molar-refractivity contribution is 0.229. The number of nitrogens with one attached hydrogen (secondary N) is 2. The molecule has 2 atom stereocenters. The van der Waals surface area contributed by atoms with E-state index >= 15 is 0 Å². The fourth-order valence-electron chi connectivity index (χ4n) is 2.17. The van der Waals surface area contributed by atoms with Gasteiger partial charge in [-0.1, -0.05) is 42.5 Å². The lowest BCUT2D eigenvalue weighted by atomic mass is 10.2. The smallest absolute Gasteiger partial charge is 0.319 e. The van der Waals surface area contributed by atoms with Crippen molar-refractivity contribution in [3.63, 3.8) is 0 Å². The molecule has 0 aliphatic carbocycles. The predicted molar refractivity (Wildman–Crippen MR) is 97.1 cm³/mol. The lowest BCUT2D eigenvalue weighted by Crippen LogP contribution is -2.38. The van der Waals surface area contributed by atoms with Crippen molar-refractivity contribution >= 4 is 22.5 Å². The summed E-state index contributed by atoms with van der Waals surface area (Å²) in [4.78, 5) is 11.8. The molecule has 0 bridgehead atoms. The van der Waals surface area contributed by atoms with Crippen molar-refractivity contribution in [3.05, 3.63) is 65.7 Å². The number of hydrogen-bond donors (Lipinski definition) is 3. The molecule has 0 aliphatic rings. The molecule has 2 rings (SSSR count). The first-order chi connectivity index (χ1) is 11.6. The van der Waals surface area contributed by atoms with E-state index in [0.717, 1.165) is 11.1 Å². The van der Waals surface area contributed by atoms with E-state index in [-0.39, 0.29) is 18.7 Å². The minimum absolute atomic E-state index is 0.119. The van der Waals surface area contributed by atoms with Crippen molar-refractivity contribution in [2.45, 2.75) is 24.5 Å². The summed E-state index contributed by atoms with van der Waals surface area (Å²) in [6, 6.07) is 16.3.